The Kier molecular flexibility index (Phi) is 3.83. The summed E-state index contributed by atoms with van der Waals surface area (Å²) in [5.74, 6) is 1.34. The monoisotopic (exact) mass is 231 g/mol. The summed E-state index contributed by atoms with van der Waals surface area (Å²) >= 11 is 1.79. The first-order valence-corrected chi connectivity index (χ1v) is 6.14. The molecule has 0 radical (unpaired) electrons. The van der Waals surface area contributed by atoms with Crippen LogP contribution in [0.15, 0.2) is 53.7 Å². The Labute approximate surface area is 99.4 Å². The number of nitrogens with zero attached hydrogens (tertiary/aromatic N) is 1. The maximum Gasteiger partial charge on any atom is 0.115 e. The van der Waals surface area contributed by atoms with E-state index >= 15 is 0 Å². The molecule has 2 rings (SSSR count). The first-order valence-electron chi connectivity index (χ1n) is 5.15. The number of aromatic hydroxyl groups is 1. The molecule has 0 aliphatic carbocycles. The Bertz CT molecular complexity index is 427. The highest BCUT2D eigenvalue weighted by Gasteiger charge is 1.96. The van der Waals surface area contributed by atoms with Crippen molar-refractivity contribution in [1.29, 1.82) is 0 Å². The molecule has 3 heteroatoms. The van der Waals surface area contributed by atoms with E-state index in [0.717, 1.165) is 12.2 Å². The van der Waals surface area contributed by atoms with Gasteiger partial charge in [-0.3, -0.25) is 4.98 Å². The van der Waals surface area contributed by atoms with Gasteiger partial charge in [-0.2, -0.15) is 0 Å². The zero-order chi connectivity index (χ0) is 11.2. The van der Waals surface area contributed by atoms with E-state index in [0.29, 0.717) is 5.75 Å². The average molecular weight is 231 g/mol. The van der Waals surface area contributed by atoms with Gasteiger partial charge in [-0.1, -0.05) is 6.07 Å². The molecular weight excluding hydrogens is 218 g/mol. The minimum absolute atomic E-state index is 0.316. The lowest BCUT2D eigenvalue weighted by Crippen LogP contribution is -1.88. The normalized spacial score (nSPS) is 10.2. The fraction of sp³-hybridized carbons (Fsp3) is 0.154. The van der Waals surface area contributed by atoms with Crippen LogP contribution in [0.5, 0.6) is 5.75 Å². The summed E-state index contributed by atoms with van der Waals surface area (Å²) in [4.78, 5) is 5.26. The first kappa shape index (κ1) is 11.0. The van der Waals surface area contributed by atoms with E-state index in [1.54, 1.807) is 30.1 Å². The van der Waals surface area contributed by atoms with Crippen LogP contribution >= 0.6 is 11.8 Å². The van der Waals surface area contributed by atoms with Gasteiger partial charge in [0.25, 0.3) is 0 Å². The quantitative estimate of drug-likeness (QED) is 0.821. The van der Waals surface area contributed by atoms with Crippen molar-refractivity contribution < 1.29 is 5.11 Å². The highest BCUT2D eigenvalue weighted by atomic mass is 32.2. The van der Waals surface area contributed by atoms with Gasteiger partial charge in [0, 0.05) is 23.0 Å². The fourth-order valence-electron chi connectivity index (χ4n) is 1.38. The van der Waals surface area contributed by atoms with E-state index in [4.69, 9.17) is 5.11 Å². The van der Waals surface area contributed by atoms with Gasteiger partial charge in [-0.15, -0.1) is 11.8 Å². The van der Waals surface area contributed by atoms with E-state index in [2.05, 4.69) is 11.1 Å². The van der Waals surface area contributed by atoms with Crippen molar-refractivity contribution in [3.63, 3.8) is 0 Å². The lowest BCUT2D eigenvalue weighted by molar-refractivity contribution is 0.475. The molecule has 0 bridgehead atoms. The van der Waals surface area contributed by atoms with Crippen LogP contribution in [-0.2, 0) is 6.42 Å². The Morgan fingerprint density at radius 2 is 1.94 bits per heavy atom. The minimum atomic E-state index is 0.316. The van der Waals surface area contributed by atoms with Crippen molar-refractivity contribution in [2.75, 3.05) is 5.75 Å². The molecule has 1 heterocycles. The second kappa shape index (κ2) is 5.56. The summed E-state index contributed by atoms with van der Waals surface area (Å²) in [5, 5.41) is 9.14. The molecular formula is C13H13NOS. The topological polar surface area (TPSA) is 33.1 Å². The van der Waals surface area contributed by atoms with E-state index in [9.17, 15) is 0 Å². The van der Waals surface area contributed by atoms with Gasteiger partial charge in [0.1, 0.15) is 5.75 Å². The standard InChI is InChI=1S/C13H13NOS/c15-12-3-5-13(6-4-12)16-9-7-11-2-1-8-14-10-11/h1-6,8,10,15H,7,9H2. The van der Waals surface area contributed by atoms with Gasteiger partial charge in [0.05, 0.1) is 0 Å². The molecule has 0 aliphatic heterocycles. The first-order chi connectivity index (χ1) is 7.84. The summed E-state index contributed by atoms with van der Waals surface area (Å²) in [7, 11) is 0. The number of aromatic nitrogens is 1. The molecule has 2 nitrogen and oxygen atoms in total. The number of phenols is 1. The molecule has 0 saturated heterocycles. The number of benzene rings is 1. The molecule has 1 aromatic heterocycles. The molecule has 0 aliphatic rings. The summed E-state index contributed by atoms with van der Waals surface area (Å²) in [6.07, 6.45) is 4.70. The van der Waals surface area contributed by atoms with Crippen molar-refractivity contribution >= 4 is 11.8 Å². The number of thioether (sulfide) groups is 1. The van der Waals surface area contributed by atoms with E-state index in [1.807, 2.05) is 24.4 Å². The molecule has 0 fully saturated rings. The number of aryl methyl sites for hydroxylation is 1. The maximum atomic E-state index is 9.14. The van der Waals surface area contributed by atoms with E-state index < -0.39 is 0 Å². The van der Waals surface area contributed by atoms with E-state index in [-0.39, 0.29) is 0 Å². The molecule has 0 atom stereocenters. The highest BCUT2D eigenvalue weighted by molar-refractivity contribution is 7.99. The molecule has 1 N–H and O–H groups in total. The third kappa shape index (κ3) is 3.28. The van der Waals surface area contributed by atoms with Gasteiger partial charge in [-0.05, 0) is 42.3 Å². The third-order valence-electron chi connectivity index (χ3n) is 2.22. The van der Waals surface area contributed by atoms with Crippen LogP contribution in [-0.4, -0.2) is 15.8 Å². The summed E-state index contributed by atoms with van der Waals surface area (Å²) in [6.45, 7) is 0. The Balaban J connectivity index is 1.82. The maximum absolute atomic E-state index is 9.14. The minimum Gasteiger partial charge on any atom is -0.508 e. The summed E-state index contributed by atoms with van der Waals surface area (Å²) in [6, 6.07) is 11.3. The molecule has 2 aromatic rings. The molecule has 1 aromatic carbocycles. The highest BCUT2D eigenvalue weighted by Crippen LogP contribution is 2.21. The summed E-state index contributed by atoms with van der Waals surface area (Å²) in [5.41, 5.74) is 1.26. The number of pyridine rings is 1. The van der Waals surface area contributed by atoms with Crippen LogP contribution in [0.25, 0.3) is 0 Å². The Morgan fingerprint density at radius 3 is 2.62 bits per heavy atom. The second-order valence-electron chi connectivity index (χ2n) is 3.45. The van der Waals surface area contributed by atoms with Crippen molar-refractivity contribution in [1.82, 2.24) is 4.98 Å². The van der Waals surface area contributed by atoms with Gasteiger partial charge >= 0.3 is 0 Å². The average Bonchev–Trinajstić information content (AvgIpc) is 2.33. The molecule has 16 heavy (non-hydrogen) atoms. The van der Waals surface area contributed by atoms with Crippen LogP contribution in [0.3, 0.4) is 0 Å². The van der Waals surface area contributed by atoms with Crippen molar-refractivity contribution in [3.8, 4) is 5.75 Å². The zero-order valence-corrected chi connectivity index (χ0v) is 9.65. The van der Waals surface area contributed by atoms with Crippen molar-refractivity contribution in [2.24, 2.45) is 0 Å². The lowest BCUT2D eigenvalue weighted by atomic mass is 10.2. The predicted molar refractivity (Wildman–Crippen MR) is 66.8 cm³/mol. The van der Waals surface area contributed by atoms with Gasteiger partial charge < -0.3 is 5.11 Å². The van der Waals surface area contributed by atoms with E-state index in [1.165, 1.54) is 10.5 Å². The second-order valence-corrected chi connectivity index (χ2v) is 4.62. The number of hydrogen-bond donors (Lipinski definition) is 1. The van der Waals surface area contributed by atoms with Crippen LogP contribution < -0.4 is 0 Å². The predicted octanol–water partition coefficient (Wildman–Crippen LogP) is 3.12. The Hall–Kier alpha value is -1.48. The number of phenolic OH excluding ortho intramolecular Hbond substituents is 1. The summed E-state index contributed by atoms with van der Waals surface area (Å²) < 4.78 is 0. The van der Waals surface area contributed by atoms with Crippen LogP contribution in [0.2, 0.25) is 0 Å². The fourth-order valence-corrected chi connectivity index (χ4v) is 2.28. The van der Waals surface area contributed by atoms with Crippen LogP contribution in [0, 0.1) is 0 Å². The van der Waals surface area contributed by atoms with Crippen LogP contribution in [0.1, 0.15) is 5.56 Å². The van der Waals surface area contributed by atoms with Crippen molar-refractivity contribution in [2.45, 2.75) is 11.3 Å². The molecule has 0 unspecified atom stereocenters. The lowest BCUT2D eigenvalue weighted by Gasteiger charge is -2.01. The largest absolute Gasteiger partial charge is 0.508 e. The molecule has 0 saturated carbocycles. The van der Waals surface area contributed by atoms with Gasteiger partial charge in [-0.25, -0.2) is 0 Å². The molecule has 0 amide bonds. The van der Waals surface area contributed by atoms with Gasteiger partial charge in [0.15, 0.2) is 0 Å². The Morgan fingerprint density at radius 1 is 1.12 bits per heavy atom. The molecule has 0 spiro atoms. The number of hydrogen-bond acceptors (Lipinski definition) is 3. The smallest absolute Gasteiger partial charge is 0.115 e. The zero-order valence-electron chi connectivity index (χ0n) is 8.84. The van der Waals surface area contributed by atoms with Crippen molar-refractivity contribution in [3.05, 3.63) is 54.4 Å². The SMILES string of the molecule is Oc1ccc(SCCc2cccnc2)cc1. The number of rotatable bonds is 4. The van der Waals surface area contributed by atoms with Gasteiger partial charge in [0.2, 0.25) is 0 Å². The third-order valence-corrected chi connectivity index (χ3v) is 3.23. The molecule has 82 valence electrons. The van der Waals surface area contributed by atoms with Crippen LogP contribution in [0.4, 0.5) is 0 Å².